The fourth-order valence-electron chi connectivity index (χ4n) is 2.26. The van der Waals surface area contributed by atoms with E-state index in [0.29, 0.717) is 29.9 Å². The van der Waals surface area contributed by atoms with Crippen LogP contribution in [0.3, 0.4) is 0 Å². The summed E-state index contributed by atoms with van der Waals surface area (Å²) in [5.41, 5.74) is 7.76. The molecule has 1 aromatic heterocycles. The monoisotopic (exact) mass is 262 g/mol. The van der Waals surface area contributed by atoms with Crippen molar-refractivity contribution in [2.24, 2.45) is 0 Å². The molecule has 6 heteroatoms. The molecule has 1 aromatic carbocycles. The maximum absolute atomic E-state index is 13.8. The van der Waals surface area contributed by atoms with Gasteiger partial charge in [0.05, 0.1) is 31.4 Å². The fourth-order valence-corrected chi connectivity index (χ4v) is 2.26. The van der Waals surface area contributed by atoms with Crippen LogP contribution in [0, 0.1) is 5.82 Å². The van der Waals surface area contributed by atoms with Crippen LogP contribution >= 0.6 is 0 Å². The van der Waals surface area contributed by atoms with Crippen molar-refractivity contribution >= 4 is 22.7 Å². The third kappa shape index (κ3) is 1.72. The minimum Gasteiger partial charge on any atom is -0.465 e. The highest BCUT2D eigenvalue weighted by Crippen LogP contribution is 2.32. The lowest BCUT2D eigenvalue weighted by Crippen LogP contribution is -2.06. The highest BCUT2D eigenvalue weighted by atomic mass is 19.1. The van der Waals surface area contributed by atoms with Gasteiger partial charge < -0.3 is 15.2 Å². The van der Waals surface area contributed by atoms with Crippen LogP contribution in [-0.2, 0) is 22.7 Å². The van der Waals surface area contributed by atoms with E-state index in [9.17, 15) is 9.18 Å². The number of rotatable bonds is 1. The lowest BCUT2D eigenvalue weighted by Gasteiger charge is -2.09. The molecule has 0 spiro atoms. The number of ether oxygens (including phenoxy) is 2. The van der Waals surface area contributed by atoms with Gasteiger partial charge in [-0.2, -0.15) is 0 Å². The molecule has 2 aromatic rings. The second-order valence-corrected chi connectivity index (χ2v) is 4.29. The van der Waals surface area contributed by atoms with Gasteiger partial charge in [0.1, 0.15) is 11.6 Å². The number of nitrogens with two attached hydrogens (primary N) is 1. The van der Waals surface area contributed by atoms with Crippen molar-refractivity contribution in [3.63, 3.8) is 0 Å². The first kappa shape index (κ1) is 11.9. The number of carbonyl (C=O) groups excluding carboxylic acids is 1. The van der Waals surface area contributed by atoms with Crippen LogP contribution in [-0.4, -0.2) is 18.1 Å². The highest BCUT2D eigenvalue weighted by Gasteiger charge is 2.22. The summed E-state index contributed by atoms with van der Waals surface area (Å²) < 4.78 is 23.7. The minimum atomic E-state index is -0.719. The summed E-state index contributed by atoms with van der Waals surface area (Å²) in [6, 6.07) is 2.63. The number of pyridine rings is 1. The SMILES string of the molecule is COC(=O)c1cc2c3c(c(N)nc2cc1F)COC3. The number of fused-ring (bicyclic) bond motifs is 3. The van der Waals surface area contributed by atoms with Gasteiger partial charge in [-0.3, -0.25) is 0 Å². The Morgan fingerprint density at radius 1 is 1.42 bits per heavy atom. The lowest BCUT2D eigenvalue weighted by atomic mass is 10.0. The van der Waals surface area contributed by atoms with Gasteiger partial charge in [-0.1, -0.05) is 0 Å². The Hall–Kier alpha value is -2.21. The number of anilines is 1. The fraction of sp³-hybridized carbons (Fsp3) is 0.231. The van der Waals surface area contributed by atoms with E-state index in [2.05, 4.69) is 9.72 Å². The van der Waals surface area contributed by atoms with E-state index in [4.69, 9.17) is 10.5 Å². The number of hydrogen-bond acceptors (Lipinski definition) is 5. The smallest absolute Gasteiger partial charge is 0.340 e. The Morgan fingerprint density at radius 3 is 2.89 bits per heavy atom. The maximum atomic E-state index is 13.8. The van der Waals surface area contributed by atoms with Crippen molar-refractivity contribution in [2.45, 2.75) is 13.2 Å². The summed E-state index contributed by atoms with van der Waals surface area (Å²) in [5.74, 6) is -1.06. The van der Waals surface area contributed by atoms with Crippen LogP contribution in [0.5, 0.6) is 0 Å². The zero-order valence-electron chi connectivity index (χ0n) is 10.2. The number of methoxy groups -OCH3 is 1. The van der Waals surface area contributed by atoms with Crippen LogP contribution in [0.25, 0.3) is 10.9 Å². The first-order chi connectivity index (χ1) is 9.11. The van der Waals surface area contributed by atoms with Gasteiger partial charge >= 0.3 is 5.97 Å². The highest BCUT2D eigenvalue weighted by molar-refractivity contribution is 5.96. The van der Waals surface area contributed by atoms with E-state index in [0.717, 1.165) is 11.1 Å². The molecule has 0 fully saturated rings. The standard InChI is InChI=1S/C13H11FN2O3/c1-18-13(17)7-2-6-8-4-19-5-9(8)12(15)16-11(6)3-10(7)14/h2-3H,4-5H2,1H3,(H2,15,16). The van der Waals surface area contributed by atoms with Crippen LogP contribution in [0.15, 0.2) is 12.1 Å². The molecule has 0 bridgehead atoms. The van der Waals surface area contributed by atoms with Crippen LogP contribution in [0.1, 0.15) is 21.5 Å². The topological polar surface area (TPSA) is 74.4 Å². The molecule has 2 heterocycles. The number of halogens is 1. The summed E-state index contributed by atoms with van der Waals surface area (Å²) in [5, 5.41) is 0.670. The first-order valence-corrected chi connectivity index (χ1v) is 5.68. The molecule has 2 N–H and O–H groups in total. The van der Waals surface area contributed by atoms with E-state index in [1.807, 2.05) is 0 Å². The predicted octanol–water partition coefficient (Wildman–Crippen LogP) is 1.77. The molecule has 5 nitrogen and oxygen atoms in total. The lowest BCUT2D eigenvalue weighted by molar-refractivity contribution is 0.0595. The number of esters is 1. The maximum Gasteiger partial charge on any atom is 0.340 e. The van der Waals surface area contributed by atoms with Crippen LogP contribution in [0.4, 0.5) is 10.2 Å². The van der Waals surface area contributed by atoms with E-state index in [1.165, 1.54) is 19.2 Å². The number of nitrogens with zero attached hydrogens (tertiary/aromatic N) is 1. The molecule has 0 saturated heterocycles. The van der Waals surface area contributed by atoms with Gasteiger partial charge in [0, 0.05) is 17.0 Å². The van der Waals surface area contributed by atoms with Crippen molar-refractivity contribution in [1.82, 2.24) is 4.98 Å². The quantitative estimate of drug-likeness (QED) is 0.793. The average molecular weight is 262 g/mol. The summed E-state index contributed by atoms with van der Waals surface area (Å²) in [7, 11) is 1.21. The van der Waals surface area contributed by atoms with E-state index < -0.39 is 11.8 Å². The normalized spacial score (nSPS) is 13.6. The second-order valence-electron chi connectivity index (χ2n) is 4.29. The van der Waals surface area contributed by atoms with Gasteiger partial charge in [0.15, 0.2) is 0 Å². The van der Waals surface area contributed by atoms with Gasteiger partial charge in [-0.25, -0.2) is 14.2 Å². The van der Waals surface area contributed by atoms with E-state index >= 15 is 0 Å². The molecule has 0 saturated carbocycles. The summed E-state index contributed by atoms with van der Waals surface area (Å²) >= 11 is 0. The van der Waals surface area contributed by atoms with Gasteiger partial charge in [-0.05, 0) is 11.6 Å². The molecule has 0 atom stereocenters. The third-order valence-corrected chi connectivity index (χ3v) is 3.22. The molecule has 0 aliphatic carbocycles. The Kier molecular flexibility index (Phi) is 2.60. The molecule has 98 valence electrons. The van der Waals surface area contributed by atoms with Crippen LogP contribution < -0.4 is 5.73 Å². The van der Waals surface area contributed by atoms with Crippen molar-refractivity contribution in [1.29, 1.82) is 0 Å². The Morgan fingerprint density at radius 2 is 2.16 bits per heavy atom. The number of carbonyl (C=O) groups is 1. The van der Waals surface area contributed by atoms with Crippen molar-refractivity contribution in [3.05, 3.63) is 34.6 Å². The van der Waals surface area contributed by atoms with E-state index in [1.54, 1.807) is 0 Å². The molecule has 0 amide bonds. The van der Waals surface area contributed by atoms with E-state index in [-0.39, 0.29) is 5.56 Å². The van der Waals surface area contributed by atoms with Crippen molar-refractivity contribution < 1.29 is 18.7 Å². The Balaban J connectivity index is 2.33. The largest absolute Gasteiger partial charge is 0.465 e. The molecule has 19 heavy (non-hydrogen) atoms. The number of nitrogen functional groups attached to an aromatic ring is 1. The minimum absolute atomic E-state index is 0.115. The molecular formula is C13H11FN2O3. The molecule has 1 aliphatic heterocycles. The Bertz CT molecular complexity index is 700. The molecule has 1 aliphatic rings. The number of aromatic nitrogens is 1. The zero-order chi connectivity index (χ0) is 13.6. The third-order valence-electron chi connectivity index (χ3n) is 3.22. The summed E-state index contributed by atoms with van der Waals surface area (Å²) in [4.78, 5) is 15.6. The number of benzene rings is 1. The summed E-state index contributed by atoms with van der Waals surface area (Å²) in [6.45, 7) is 0.764. The van der Waals surface area contributed by atoms with Gasteiger partial charge in [0.25, 0.3) is 0 Å². The van der Waals surface area contributed by atoms with Crippen molar-refractivity contribution in [3.8, 4) is 0 Å². The first-order valence-electron chi connectivity index (χ1n) is 5.68. The molecular weight excluding hydrogens is 251 g/mol. The predicted molar refractivity (Wildman–Crippen MR) is 65.9 cm³/mol. The molecule has 3 rings (SSSR count). The zero-order valence-corrected chi connectivity index (χ0v) is 10.2. The molecule has 0 radical (unpaired) electrons. The van der Waals surface area contributed by atoms with Gasteiger partial charge in [-0.15, -0.1) is 0 Å². The molecule has 0 unspecified atom stereocenters. The van der Waals surface area contributed by atoms with Gasteiger partial charge in [0.2, 0.25) is 0 Å². The van der Waals surface area contributed by atoms with Crippen molar-refractivity contribution in [2.75, 3.05) is 12.8 Å². The summed E-state index contributed by atoms with van der Waals surface area (Å²) in [6.07, 6.45) is 0. The second kappa shape index (κ2) is 4.17. The Labute approximate surface area is 108 Å². The number of hydrogen-bond donors (Lipinski definition) is 1. The average Bonchev–Trinajstić information content (AvgIpc) is 2.87. The van der Waals surface area contributed by atoms with Crippen LogP contribution in [0.2, 0.25) is 0 Å².